The van der Waals surface area contributed by atoms with Gasteiger partial charge >= 0.3 is 0 Å². The van der Waals surface area contributed by atoms with Crippen LogP contribution in [0.2, 0.25) is 5.02 Å². The Labute approximate surface area is 105 Å². The van der Waals surface area contributed by atoms with Crippen LogP contribution in [0.15, 0.2) is 36.5 Å². The third-order valence-electron chi connectivity index (χ3n) is 2.12. The maximum Gasteiger partial charge on any atom is 0.224 e. The molecule has 1 aromatic carbocycles. The molecule has 2 N–H and O–H groups in total. The number of hydrogen-bond acceptors (Lipinski definition) is 4. The Morgan fingerprint density at radius 3 is 2.71 bits per heavy atom. The lowest BCUT2D eigenvalue weighted by molar-refractivity contribution is 1.09. The summed E-state index contributed by atoms with van der Waals surface area (Å²) in [4.78, 5) is 8.37. The van der Waals surface area contributed by atoms with Crippen molar-refractivity contribution >= 4 is 29.1 Å². The number of nitrogens with one attached hydrogen (secondary N) is 2. The van der Waals surface area contributed by atoms with Crippen LogP contribution in [0, 0.1) is 0 Å². The van der Waals surface area contributed by atoms with Crippen molar-refractivity contribution in [3.63, 3.8) is 0 Å². The van der Waals surface area contributed by atoms with Crippen LogP contribution in [0.25, 0.3) is 0 Å². The Balaban J connectivity index is 2.22. The van der Waals surface area contributed by atoms with Crippen molar-refractivity contribution in [1.29, 1.82) is 0 Å². The molecule has 0 fully saturated rings. The molecule has 2 rings (SSSR count). The Kier molecular flexibility index (Phi) is 3.77. The highest BCUT2D eigenvalue weighted by molar-refractivity contribution is 6.32. The minimum Gasteiger partial charge on any atom is -0.354 e. The highest BCUT2D eigenvalue weighted by Crippen LogP contribution is 2.23. The molecule has 0 radical (unpaired) electrons. The van der Waals surface area contributed by atoms with Gasteiger partial charge in [-0.1, -0.05) is 29.8 Å². The molecule has 0 amide bonds. The molecule has 0 atom stereocenters. The molecule has 2 aromatic rings. The summed E-state index contributed by atoms with van der Waals surface area (Å²) in [6.45, 7) is 2.76. The first-order chi connectivity index (χ1) is 8.29. The highest BCUT2D eigenvalue weighted by Gasteiger charge is 2.04. The molecule has 1 heterocycles. The van der Waals surface area contributed by atoms with Crippen LogP contribution in [0.3, 0.4) is 0 Å². The van der Waals surface area contributed by atoms with E-state index in [1.165, 1.54) is 0 Å². The molecule has 88 valence electrons. The smallest absolute Gasteiger partial charge is 0.224 e. The zero-order valence-corrected chi connectivity index (χ0v) is 10.2. The average molecular weight is 249 g/mol. The van der Waals surface area contributed by atoms with E-state index >= 15 is 0 Å². The molecule has 5 heteroatoms. The molecular weight excluding hydrogens is 236 g/mol. The zero-order chi connectivity index (χ0) is 12.1. The summed E-state index contributed by atoms with van der Waals surface area (Å²) in [5.74, 6) is 1.17. The van der Waals surface area contributed by atoms with Crippen molar-refractivity contribution in [3.05, 3.63) is 41.6 Å². The number of hydrogen-bond donors (Lipinski definition) is 2. The molecule has 0 spiro atoms. The quantitative estimate of drug-likeness (QED) is 0.872. The van der Waals surface area contributed by atoms with Gasteiger partial charge in [0.15, 0.2) is 5.82 Å². The van der Waals surface area contributed by atoms with Gasteiger partial charge in [-0.2, -0.15) is 4.98 Å². The van der Waals surface area contributed by atoms with Crippen molar-refractivity contribution in [3.8, 4) is 0 Å². The fourth-order valence-corrected chi connectivity index (χ4v) is 1.49. The minimum atomic E-state index is 0.496. The van der Waals surface area contributed by atoms with Crippen molar-refractivity contribution < 1.29 is 0 Å². The second kappa shape index (κ2) is 5.50. The third kappa shape index (κ3) is 3.07. The van der Waals surface area contributed by atoms with Gasteiger partial charge in [-0.05, 0) is 19.1 Å². The lowest BCUT2D eigenvalue weighted by Gasteiger charge is -2.08. The first-order valence-electron chi connectivity index (χ1n) is 5.38. The Hall–Kier alpha value is -1.81. The lowest BCUT2D eigenvalue weighted by atomic mass is 10.3. The minimum absolute atomic E-state index is 0.496. The molecule has 1 aromatic heterocycles. The summed E-state index contributed by atoms with van der Waals surface area (Å²) in [5, 5.41) is 6.68. The Morgan fingerprint density at radius 2 is 2.00 bits per heavy atom. The molecule has 0 aliphatic heterocycles. The van der Waals surface area contributed by atoms with E-state index in [-0.39, 0.29) is 0 Å². The van der Waals surface area contributed by atoms with Crippen molar-refractivity contribution in [2.45, 2.75) is 6.92 Å². The van der Waals surface area contributed by atoms with Crippen LogP contribution < -0.4 is 10.6 Å². The van der Waals surface area contributed by atoms with E-state index in [0.29, 0.717) is 16.8 Å². The molecule has 17 heavy (non-hydrogen) atoms. The van der Waals surface area contributed by atoms with Crippen molar-refractivity contribution in [2.24, 2.45) is 0 Å². The first-order valence-corrected chi connectivity index (χ1v) is 5.76. The average Bonchev–Trinajstić information content (AvgIpc) is 2.35. The molecule has 0 unspecified atom stereocenters. The largest absolute Gasteiger partial charge is 0.354 e. The number of aromatic nitrogens is 2. The lowest BCUT2D eigenvalue weighted by Crippen LogP contribution is -2.04. The fraction of sp³-hybridized carbons (Fsp3) is 0.167. The standard InChI is InChI=1S/C12H13ClN4/c1-2-14-12-15-8-10(13)11(17-12)16-9-6-4-3-5-7-9/h3-8H,2H2,1H3,(H2,14,15,16,17). The maximum atomic E-state index is 6.03. The van der Waals surface area contributed by atoms with E-state index in [9.17, 15) is 0 Å². The summed E-state index contributed by atoms with van der Waals surface area (Å²) >= 11 is 6.03. The van der Waals surface area contributed by atoms with E-state index in [2.05, 4.69) is 20.6 Å². The monoisotopic (exact) mass is 248 g/mol. The predicted octanol–water partition coefficient (Wildman–Crippen LogP) is 3.31. The van der Waals surface area contributed by atoms with Crippen molar-refractivity contribution in [1.82, 2.24) is 9.97 Å². The molecule has 0 saturated heterocycles. The number of nitrogens with zero attached hydrogens (tertiary/aromatic N) is 2. The van der Waals surface area contributed by atoms with Crippen LogP contribution in [0.4, 0.5) is 17.5 Å². The topological polar surface area (TPSA) is 49.8 Å². The Bertz CT molecular complexity index is 487. The summed E-state index contributed by atoms with van der Waals surface area (Å²) in [6, 6.07) is 9.75. The van der Waals surface area contributed by atoms with Crippen LogP contribution >= 0.6 is 11.6 Å². The third-order valence-corrected chi connectivity index (χ3v) is 2.39. The maximum absolute atomic E-state index is 6.03. The SMILES string of the molecule is CCNc1ncc(Cl)c(Nc2ccccc2)n1. The van der Waals surface area contributed by atoms with E-state index in [1.807, 2.05) is 37.3 Å². The number of halogens is 1. The number of anilines is 3. The number of benzene rings is 1. The van der Waals surface area contributed by atoms with Gasteiger partial charge in [-0.3, -0.25) is 0 Å². The number of rotatable bonds is 4. The van der Waals surface area contributed by atoms with Gasteiger partial charge in [0.25, 0.3) is 0 Å². The molecule has 0 aliphatic rings. The molecule has 0 bridgehead atoms. The summed E-state index contributed by atoms with van der Waals surface area (Å²) < 4.78 is 0. The summed E-state index contributed by atoms with van der Waals surface area (Å²) in [7, 11) is 0. The zero-order valence-electron chi connectivity index (χ0n) is 9.44. The molecular formula is C12H13ClN4. The van der Waals surface area contributed by atoms with Gasteiger partial charge < -0.3 is 10.6 Å². The highest BCUT2D eigenvalue weighted by atomic mass is 35.5. The second-order valence-electron chi connectivity index (χ2n) is 3.41. The van der Waals surface area contributed by atoms with Crippen LogP contribution in [0.5, 0.6) is 0 Å². The molecule has 4 nitrogen and oxygen atoms in total. The summed E-state index contributed by atoms with van der Waals surface area (Å²) in [5.41, 5.74) is 0.940. The van der Waals surface area contributed by atoms with E-state index in [1.54, 1.807) is 6.20 Å². The fourth-order valence-electron chi connectivity index (χ4n) is 1.36. The van der Waals surface area contributed by atoms with Gasteiger partial charge in [0.2, 0.25) is 5.95 Å². The molecule has 0 aliphatic carbocycles. The Morgan fingerprint density at radius 1 is 1.24 bits per heavy atom. The van der Waals surface area contributed by atoms with Gasteiger partial charge in [0.05, 0.1) is 6.20 Å². The first kappa shape index (κ1) is 11.7. The summed E-state index contributed by atoms with van der Waals surface area (Å²) in [6.07, 6.45) is 1.58. The van der Waals surface area contributed by atoms with E-state index < -0.39 is 0 Å². The second-order valence-corrected chi connectivity index (χ2v) is 3.82. The van der Waals surface area contributed by atoms with E-state index in [4.69, 9.17) is 11.6 Å². The normalized spacial score (nSPS) is 10.0. The predicted molar refractivity (Wildman–Crippen MR) is 70.9 cm³/mol. The van der Waals surface area contributed by atoms with Crippen LogP contribution in [-0.4, -0.2) is 16.5 Å². The van der Waals surface area contributed by atoms with E-state index in [0.717, 1.165) is 12.2 Å². The van der Waals surface area contributed by atoms with Crippen LogP contribution in [0.1, 0.15) is 6.92 Å². The van der Waals surface area contributed by atoms with Gasteiger partial charge in [-0.25, -0.2) is 4.98 Å². The van der Waals surface area contributed by atoms with Crippen molar-refractivity contribution in [2.75, 3.05) is 17.2 Å². The number of para-hydroxylation sites is 1. The van der Waals surface area contributed by atoms with Gasteiger partial charge in [0.1, 0.15) is 5.02 Å². The van der Waals surface area contributed by atoms with Crippen LogP contribution in [-0.2, 0) is 0 Å². The van der Waals surface area contributed by atoms with Gasteiger partial charge in [0, 0.05) is 12.2 Å². The van der Waals surface area contributed by atoms with Gasteiger partial charge in [-0.15, -0.1) is 0 Å². The molecule has 0 saturated carbocycles.